The number of amides is 2. The molecule has 0 aliphatic carbocycles. The van der Waals surface area contributed by atoms with E-state index in [-0.39, 0.29) is 39.6 Å². The third-order valence-electron chi connectivity index (χ3n) is 6.53. The van der Waals surface area contributed by atoms with Gasteiger partial charge in [-0.3, -0.25) is 13.9 Å². The summed E-state index contributed by atoms with van der Waals surface area (Å²) in [5, 5.41) is 2.80. The second-order valence-corrected chi connectivity index (χ2v) is 11.3. The number of sulfonamides is 1. The molecule has 0 radical (unpaired) electrons. The standard InChI is InChI=1S/C29H34ClN3O7S/c1-20(29(35)31-2)32(16-15-21-9-7-6-8-10-21)28(34)19-33(24-17-22(30)11-13-25(24)38-3)41(36,37)23-12-14-26(39-4)27(18-23)40-5/h6-14,17-18,20H,15-16,19H2,1-5H3,(H,31,35). The molecular weight excluding hydrogens is 570 g/mol. The van der Waals surface area contributed by atoms with Crippen molar-refractivity contribution in [2.75, 3.05) is 45.8 Å². The lowest BCUT2D eigenvalue weighted by Gasteiger charge is -2.32. The number of anilines is 1. The zero-order chi connectivity index (χ0) is 30.2. The van der Waals surface area contributed by atoms with Gasteiger partial charge in [-0.2, -0.15) is 0 Å². The van der Waals surface area contributed by atoms with Crippen molar-refractivity contribution in [3.05, 3.63) is 77.3 Å². The van der Waals surface area contributed by atoms with E-state index in [0.29, 0.717) is 12.2 Å². The van der Waals surface area contributed by atoms with Crippen LogP contribution in [0.1, 0.15) is 12.5 Å². The maximum atomic E-state index is 14.2. The quantitative estimate of drug-likeness (QED) is 0.316. The van der Waals surface area contributed by atoms with E-state index in [9.17, 15) is 18.0 Å². The van der Waals surface area contributed by atoms with E-state index < -0.39 is 28.5 Å². The number of carbonyl (C=O) groups excluding carboxylic acids is 2. The lowest BCUT2D eigenvalue weighted by Crippen LogP contribution is -2.51. The number of rotatable bonds is 13. The van der Waals surface area contributed by atoms with Crippen molar-refractivity contribution in [1.82, 2.24) is 10.2 Å². The number of halogens is 1. The minimum absolute atomic E-state index is 0.0544. The molecule has 0 fully saturated rings. The molecule has 41 heavy (non-hydrogen) atoms. The van der Waals surface area contributed by atoms with E-state index in [1.807, 2.05) is 30.3 Å². The van der Waals surface area contributed by atoms with Crippen LogP contribution in [0.5, 0.6) is 17.2 Å². The highest BCUT2D eigenvalue weighted by Crippen LogP contribution is 2.37. The number of hydrogen-bond acceptors (Lipinski definition) is 7. The largest absolute Gasteiger partial charge is 0.495 e. The fourth-order valence-electron chi connectivity index (χ4n) is 4.25. The molecule has 0 aromatic heterocycles. The minimum atomic E-state index is -4.40. The van der Waals surface area contributed by atoms with E-state index in [1.165, 1.54) is 63.6 Å². The molecule has 3 rings (SSSR count). The van der Waals surface area contributed by atoms with Gasteiger partial charge in [0.25, 0.3) is 10.0 Å². The molecular formula is C29H34ClN3O7S. The van der Waals surface area contributed by atoms with E-state index in [0.717, 1.165) is 9.87 Å². The van der Waals surface area contributed by atoms with Crippen LogP contribution in [0.25, 0.3) is 0 Å². The average molecular weight is 604 g/mol. The molecule has 2 amide bonds. The summed E-state index contributed by atoms with van der Waals surface area (Å²) in [6.45, 7) is 1.13. The van der Waals surface area contributed by atoms with Crippen LogP contribution in [0.3, 0.4) is 0 Å². The van der Waals surface area contributed by atoms with E-state index in [1.54, 1.807) is 13.0 Å². The molecule has 0 aliphatic heterocycles. The van der Waals surface area contributed by atoms with Gasteiger partial charge in [0.15, 0.2) is 11.5 Å². The Morgan fingerprint density at radius 1 is 0.902 bits per heavy atom. The van der Waals surface area contributed by atoms with E-state index >= 15 is 0 Å². The van der Waals surface area contributed by atoms with Crippen molar-refractivity contribution in [3.63, 3.8) is 0 Å². The van der Waals surface area contributed by atoms with Gasteiger partial charge in [-0.1, -0.05) is 41.9 Å². The van der Waals surface area contributed by atoms with Gasteiger partial charge in [-0.25, -0.2) is 8.42 Å². The number of carbonyl (C=O) groups is 2. The highest BCUT2D eigenvalue weighted by Gasteiger charge is 2.34. The summed E-state index contributed by atoms with van der Waals surface area (Å²) in [5.74, 6) is -0.276. The molecule has 12 heteroatoms. The Bertz CT molecular complexity index is 1470. The first-order chi connectivity index (χ1) is 19.6. The Hall–Kier alpha value is -3.96. The van der Waals surface area contributed by atoms with Crippen LogP contribution < -0.4 is 23.8 Å². The van der Waals surface area contributed by atoms with Gasteiger partial charge in [-0.15, -0.1) is 0 Å². The normalized spacial score (nSPS) is 11.8. The van der Waals surface area contributed by atoms with Gasteiger partial charge >= 0.3 is 0 Å². The summed E-state index contributed by atoms with van der Waals surface area (Å²) in [6.07, 6.45) is 0.455. The molecule has 0 heterocycles. The Balaban J connectivity index is 2.10. The molecule has 10 nitrogen and oxygen atoms in total. The highest BCUT2D eigenvalue weighted by molar-refractivity contribution is 7.92. The van der Waals surface area contributed by atoms with Gasteiger partial charge in [0, 0.05) is 24.7 Å². The number of benzene rings is 3. The van der Waals surface area contributed by atoms with Crippen molar-refractivity contribution in [3.8, 4) is 17.2 Å². The second kappa shape index (κ2) is 14.1. The summed E-state index contributed by atoms with van der Waals surface area (Å²) in [5.41, 5.74) is 1.01. The predicted molar refractivity (Wildman–Crippen MR) is 157 cm³/mol. The molecule has 220 valence electrons. The Labute approximate surface area is 245 Å². The fourth-order valence-corrected chi connectivity index (χ4v) is 5.85. The van der Waals surface area contributed by atoms with Crippen LogP contribution >= 0.6 is 11.6 Å². The Morgan fingerprint density at radius 2 is 1.54 bits per heavy atom. The lowest BCUT2D eigenvalue weighted by atomic mass is 10.1. The van der Waals surface area contributed by atoms with Crippen LogP contribution in [0.2, 0.25) is 5.02 Å². The molecule has 0 spiro atoms. The van der Waals surface area contributed by atoms with Crippen molar-refractivity contribution in [2.45, 2.75) is 24.3 Å². The molecule has 0 aliphatic rings. The number of hydrogen-bond donors (Lipinski definition) is 1. The molecule has 0 saturated heterocycles. The first kappa shape index (κ1) is 31.6. The molecule has 3 aromatic rings. The number of ether oxygens (including phenoxy) is 3. The van der Waals surface area contributed by atoms with Gasteiger partial charge in [0.2, 0.25) is 11.8 Å². The van der Waals surface area contributed by atoms with Gasteiger partial charge < -0.3 is 24.4 Å². The maximum Gasteiger partial charge on any atom is 0.265 e. The fraction of sp³-hybridized carbons (Fsp3) is 0.310. The SMILES string of the molecule is CNC(=O)C(C)N(CCc1ccccc1)C(=O)CN(c1cc(Cl)ccc1OC)S(=O)(=O)c1ccc(OC)c(OC)c1. The molecule has 1 atom stereocenters. The summed E-state index contributed by atoms with van der Waals surface area (Å²) in [7, 11) is 1.29. The third-order valence-corrected chi connectivity index (χ3v) is 8.52. The highest BCUT2D eigenvalue weighted by atomic mass is 35.5. The van der Waals surface area contributed by atoms with Crippen molar-refractivity contribution >= 4 is 39.1 Å². The lowest BCUT2D eigenvalue weighted by molar-refractivity contribution is -0.138. The average Bonchev–Trinajstić information content (AvgIpc) is 2.99. The van der Waals surface area contributed by atoms with Crippen molar-refractivity contribution in [2.24, 2.45) is 0 Å². The van der Waals surface area contributed by atoms with Crippen LogP contribution in [0.4, 0.5) is 5.69 Å². The molecule has 1 unspecified atom stereocenters. The zero-order valence-corrected chi connectivity index (χ0v) is 25.2. The second-order valence-electron chi connectivity index (χ2n) is 8.96. The molecule has 3 aromatic carbocycles. The molecule has 1 N–H and O–H groups in total. The number of likely N-dealkylation sites (N-methyl/N-ethyl adjacent to an activating group) is 1. The first-order valence-corrected chi connectivity index (χ1v) is 14.5. The smallest absolute Gasteiger partial charge is 0.265 e. The topological polar surface area (TPSA) is 114 Å². The summed E-state index contributed by atoms with van der Waals surface area (Å²) in [4.78, 5) is 27.7. The van der Waals surface area contributed by atoms with Gasteiger partial charge in [-0.05, 0) is 49.2 Å². The van der Waals surface area contributed by atoms with Crippen molar-refractivity contribution in [1.29, 1.82) is 0 Å². The molecule has 0 saturated carbocycles. The van der Waals surface area contributed by atoms with Gasteiger partial charge in [0.05, 0.1) is 31.9 Å². The first-order valence-electron chi connectivity index (χ1n) is 12.7. The monoisotopic (exact) mass is 603 g/mol. The summed E-state index contributed by atoms with van der Waals surface area (Å²) in [6, 6.07) is 17.2. The van der Waals surface area contributed by atoms with Crippen LogP contribution in [-0.4, -0.2) is 72.6 Å². The Kier molecular flexibility index (Phi) is 10.8. The van der Waals surface area contributed by atoms with Crippen LogP contribution in [-0.2, 0) is 26.0 Å². The van der Waals surface area contributed by atoms with Gasteiger partial charge in [0.1, 0.15) is 18.3 Å². The third kappa shape index (κ3) is 7.42. The summed E-state index contributed by atoms with van der Waals surface area (Å²) < 4.78 is 45.2. The Morgan fingerprint density at radius 3 is 2.15 bits per heavy atom. The zero-order valence-electron chi connectivity index (χ0n) is 23.6. The predicted octanol–water partition coefficient (Wildman–Crippen LogP) is 3.77. The minimum Gasteiger partial charge on any atom is -0.495 e. The van der Waals surface area contributed by atoms with E-state index in [4.69, 9.17) is 25.8 Å². The number of nitrogens with one attached hydrogen (secondary N) is 1. The van der Waals surface area contributed by atoms with E-state index in [2.05, 4.69) is 5.32 Å². The van der Waals surface area contributed by atoms with Crippen LogP contribution in [0.15, 0.2) is 71.6 Å². The molecule has 0 bridgehead atoms. The van der Waals surface area contributed by atoms with Crippen LogP contribution in [0, 0.1) is 0 Å². The summed E-state index contributed by atoms with van der Waals surface area (Å²) >= 11 is 6.27. The number of nitrogens with zero attached hydrogens (tertiary/aromatic N) is 2. The van der Waals surface area contributed by atoms with Crippen molar-refractivity contribution < 1.29 is 32.2 Å². The maximum absolute atomic E-state index is 14.2. The number of methoxy groups -OCH3 is 3.